The third-order valence-corrected chi connectivity index (χ3v) is 4.99. The molecule has 0 spiro atoms. The fourth-order valence-corrected chi connectivity index (χ4v) is 3.54. The summed E-state index contributed by atoms with van der Waals surface area (Å²) in [6, 6.07) is 4.54. The summed E-state index contributed by atoms with van der Waals surface area (Å²) in [5, 5.41) is 2.28. The molecule has 3 rings (SSSR count). The standard InChI is InChI=1S/C19H24N4O5/c1-21(2)17-9-13(28-14-7-8-22(10-14)11-24)3-4-15(17)23(12-25)16-5-6-18(26)20-19(16)27/h3-4,9,11-12,14,16H,5-8,10H2,1-2H3,(H,20,26,27). The number of carbonyl (C=O) groups excluding carboxylic acids is 4. The molecule has 2 aliphatic rings. The van der Waals surface area contributed by atoms with E-state index < -0.39 is 11.9 Å². The summed E-state index contributed by atoms with van der Waals surface area (Å²) < 4.78 is 5.99. The summed E-state index contributed by atoms with van der Waals surface area (Å²) in [6.07, 6.45) is 2.57. The van der Waals surface area contributed by atoms with Gasteiger partial charge in [0.25, 0.3) is 0 Å². The molecule has 0 aliphatic carbocycles. The van der Waals surface area contributed by atoms with E-state index in [1.54, 1.807) is 23.1 Å². The van der Waals surface area contributed by atoms with Crippen LogP contribution in [0, 0.1) is 0 Å². The van der Waals surface area contributed by atoms with Crippen LogP contribution < -0.4 is 19.9 Å². The van der Waals surface area contributed by atoms with Gasteiger partial charge in [0.05, 0.1) is 17.9 Å². The Morgan fingerprint density at radius 1 is 1.18 bits per heavy atom. The van der Waals surface area contributed by atoms with Gasteiger partial charge < -0.3 is 19.4 Å². The number of likely N-dealkylation sites (tertiary alicyclic amines) is 1. The summed E-state index contributed by atoms with van der Waals surface area (Å²) >= 11 is 0. The van der Waals surface area contributed by atoms with Crippen LogP contribution in [0.5, 0.6) is 5.75 Å². The van der Waals surface area contributed by atoms with Crippen molar-refractivity contribution in [3.63, 3.8) is 0 Å². The summed E-state index contributed by atoms with van der Waals surface area (Å²) in [7, 11) is 3.67. The van der Waals surface area contributed by atoms with Gasteiger partial charge in [0.2, 0.25) is 24.6 Å². The van der Waals surface area contributed by atoms with E-state index in [-0.39, 0.29) is 24.9 Å². The van der Waals surface area contributed by atoms with Crippen molar-refractivity contribution in [3.05, 3.63) is 18.2 Å². The van der Waals surface area contributed by atoms with Gasteiger partial charge in [-0.1, -0.05) is 0 Å². The van der Waals surface area contributed by atoms with Gasteiger partial charge in [-0.25, -0.2) is 0 Å². The van der Waals surface area contributed by atoms with E-state index in [0.717, 1.165) is 12.8 Å². The van der Waals surface area contributed by atoms with Crippen molar-refractivity contribution in [2.45, 2.75) is 31.4 Å². The average molecular weight is 388 g/mol. The zero-order chi connectivity index (χ0) is 20.3. The van der Waals surface area contributed by atoms with Gasteiger partial charge in [0, 0.05) is 39.5 Å². The number of amides is 4. The van der Waals surface area contributed by atoms with Crippen LogP contribution in [0.4, 0.5) is 11.4 Å². The van der Waals surface area contributed by atoms with Crippen LogP contribution in [0.3, 0.4) is 0 Å². The van der Waals surface area contributed by atoms with Crippen molar-refractivity contribution in [1.29, 1.82) is 0 Å². The first-order chi connectivity index (χ1) is 13.4. The topological polar surface area (TPSA) is 99.3 Å². The van der Waals surface area contributed by atoms with Crippen LogP contribution >= 0.6 is 0 Å². The molecule has 28 heavy (non-hydrogen) atoms. The van der Waals surface area contributed by atoms with Crippen molar-refractivity contribution in [3.8, 4) is 5.75 Å². The van der Waals surface area contributed by atoms with Crippen LogP contribution in [-0.2, 0) is 19.2 Å². The summed E-state index contributed by atoms with van der Waals surface area (Å²) in [5.74, 6) is -0.183. The number of nitrogens with one attached hydrogen (secondary N) is 1. The first-order valence-corrected chi connectivity index (χ1v) is 9.17. The predicted octanol–water partition coefficient (Wildman–Crippen LogP) is 0.130. The van der Waals surface area contributed by atoms with E-state index in [9.17, 15) is 19.2 Å². The van der Waals surface area contributed by atoms with Crippen molar-refractivity contribution in [2.24, 2.45) is 0 Å². The molecule has 2 aliphatic heterocycles. The van der Waals surface area contributed by atoms with E-state index in [1.165, 1.54) is 4.90 Å². The molecule has 2 unspecified atom stereocenters. The first kappa shape index (κ1) is 19.7. The molecule has 4 amide bonds. The first-order valence-electron chi connectivity index (χ1n) is 9.17. The number of nitrogens with zero attached hydrogens (tertiary/aromatic N) is 3. The molecule has 0 bridgehead atoms. The molecule has 0 saturated carbocycles. The highest BCUT2D eigenvalue weighted by Crippen LogP contribution is 2.34. The molecule has 150 valence electrons. The molecule has 0 aromatic heterocycles. The van der Waals surface area contributed by atoms with Crippen molar-refractivity contribution < 1.29 is 23.9 Å². The second-order valence-corrected chi connectivity index (χ2v) is 7.15. The number of imide groups is 1. The molecule has 1 aromatic carbocycles. The minimum Gasteiger partial charge on any atom is -0.488 e. The number of ether oxygens (including phenoxy) is 1. The number of rotatable bonds is 7. The Kier molecular flexibility index (Phi) is 5.81. The third-order valence-electron chi connectivity index (χ3n) is 4.99. The largest absolute Gasteiger partial charge is 0.488 e. The highest BCUT2D eigenvalue weighted by atomic mass is 16.5. The maximum atomic E-state index is 12.2. The minimum absolute atomic E-state index is 0.0802. The lowest BCUT2D eigenvalue weighted by atomic mass is 10.0. The molecular weight excluding hydrogens is 364 g/mol. The third kappa shape index (κ3) is 4.08. The van der Waals surface area contributed by atoms with Crippen LogP contribution in [0.15, 0.2) is 18.2 Å². The molecule has 2 fully saturated rings. The van der Waals surface area contributed by atoms with Gasteiger partial charge in [-0.05, 0) is 18.6 Å². The molecule has 2 saturated heterocycles. The normalized spacial score (nSPS) is 21.9. The zero-order valence-corrected chi connectivity index (χ0v) is 16.0. The number of hydrogen-bond acceptors (Lipinski definition) is 6. The smallest absolute Gasteiger partial charge is 0.249 e. The Balaban J connectivity index is 1.84. The highest BCUT2D eigenvalue weighted by Gasteiger charge is 2.33. The van der Waals surface area contributed by atoms with Crippen molar-refractivity contribution in [2.75, 3.05) is 37.0 Å². The van der Waals surface area contributed by atoms with Gasteiger partial charge in [0.15, 0.2) is 0 Å². The van der Waals surface area contributed by atoms with E-state index in [0.29, 0.717) is 36.6 Å². The predicted molar refractivity (Wildman–Crippen MR) is 102 cm³/mol. The summed E-state index contributed by atoms with van der Waals surface area (Å²) in [4.78, 5) is 51.2. The fourth-order valence-electron chi connectivity index (χ4n) is 3.54. The number of hydrogen-bond donors (Lipinski definition) is 1. The van der Waals surface area contributed by atoms with Crippen molar-refractivity contribution in [1.82, 2.24) is 10.2 Å². The zero-order valence-electron chi connectivity index (χ0n) is 16.0. The number of piperidine rings is 1. The van der Waals surface area contributed by atoms with Crippen molar-refractivity contribution >= 4 is 36.0 Å². The Morgan fingerprint density at radius 2 is 1.96 bits per heavy atom. The SMILES string of the molecule is CN(C)c1cc(OC2CCN(C=O)C2)ccc1N(C=O)C1CCC(=O)NC1=O. The molecule has 1 N–H and O–H groups in total. The monoisotopic (exact) mass is 388 g/mol. The van der Waals surface area contributed by atoms with E-state index in [2.05, 4.69) is 5.32 Å². The molecular formula is C19H24N4O5. The fraction of sp³-hybridized carbons (Fsp3) is 0.474. The van der Waals surface area contributed by atoms with Crippen LogP contribution in [-0.4, -0.2) is 68.9 Å². The van der Waals surface area contributed by atoms with Gasteiger partial charge in [-0.2, -0.15) is 0 Å². The Labute approximate surface area is 163 Å². The minimum atomic E-state index is -0.739. The lowest BCUT2D eigenvalue weighted by Gasteiger charge is -2.32. The second-order valence-electron chi connectivity index (χ2n) is 7.15. The van der Waals surface area contributed by atoms with E-state index in [4.69, 9.17) is 4.74 Å². The van der Waals surface area contributed by atoms with Crippen LogP contribution in [0.2, 0.25) is 0 Å². The Hall–Kier alpha value is -3.10. The van der Waals surface area contributed by atoms with Gasteiger partial charge in [-0.15, -0.1) is 0 Å². The van der Waals surface area contributed by atoms with E-state index in [1.807, 2.05) is 19.0 Å². The molecule has 2 heterocycles. The number of anilines is 2. The average Bonchev–Trinajstić information content (AvgIpc) is 3.12. The lowest BCUT2D eigenvalue weighted by molar-refractivity contribution is -0.134. The number of carbonyl (C=O) groups is 4. The number of benzene rings is 1. The summed E-state index contributed by atoms with van der Waals surface area (Å²) in [6.45, 7) is 1.21. The van der Waals surface area contributed by atoms with Gasteiger partial charge >= 0.3 is 0 Å². The van der Waals surface area contributed by atoms with Crippen LogP contribution in [0.1, 0.15) is 19.3 Å². The summed E-state index contributed by atoms with van der Waals surface area (Å²) in [5.41, 5.74) is 1.27. The molecule has 2 atom stereocenters. The van der Waals surface area contributed by atoms with Gasteiger partial charge in [0.1, 0.15) is 17.9 Å². The maximum Gasteiger partial charge on any atom is 0.249 e. The molecule has 1 aromatic rings. The van der Waals surface area contributed by atoms with E-state index >= 15 is 0 Å². The van der Waals surface area contributed by atoms with Gasteiger partial charge in [-0.3, -0.25) is 24.5 Å². The molecule has 9 heteroatoms. The maximum absolute atomic E-state index is 12.2. The second kappa shape index (κ2) is 8.28. The lowest BCUT2D eigenvalue weighted by Crippen LogP contribution is -2.52. The Bertz CT molecular complexity index is 782. The Morgan fingerprint density at radius 3 is 2.57 bits per heavy atom. The quantitative estimate of drug-likeness (QED) is 0.527. The van der Waals surface area contributed by atoms with Crippen LogP contribution in [0.25, 0.3) is 0 Å². The highest BCUT2D eigenvalue weighted by molar-refractivity contribution is 6.04. The molecule has 9 nitrogen and oxygen atoms in total. The molecule has 0 radical (unpaired) electrons.